The predicted molar refractivity (Wildman–Crippen MR) is 69.3 cm³/mol. The lowest BCUT2D eigenvalue weighted by Gasteiger charge is -2.31. The first kappa shape index (κ1) is 12.5. The number of aromatic nitrogens is 1. The van der Waals surface area contributed by atoms with Crippen LogP contribution in [0.3, 0.4) is 0 Å². The third-order valence-electron chi connectivity index (χ3n) is 3.60. The fourth-order valence-electron chi connectivity index (χ4n) is 2.68. The molecule has 2 unspecified atom stereocenters. The Morgan fingerprint density at radius 1 is 1.59 bits per heavy atom. The van der Waals surface area contributed by atoms with Crippen LogP contribution < -0.4 is 5.32 Å². The summed E-state index contributed by atoms with van der Waals surface area (Å²) in [6, 6.07) is 4.63. The number of hydrogen-bond acceptors (Lipinski definition) is 3. The van der Waals surface area contributed by atoms with Crippen molar-refractivity contribution in [3.8, 4) is 0 Å². The van der Waals surface area contributed by atoms with Crippen LogP contribution >= 0.6 is 0 Å². The Hall–Kier alpha value is -0.930. The molecular formula is C14H22N2O. The lowest BCUT2D eigenvalue weighted by molar-refractivity contribution is 0.113. The number of nitrogens with one attached hydrogen (secondary N) is 1. The Morgan fingerprint density at radius 3 is 3.24 bits per heavy atom. The van der Waals surface area contributed by atoms with Crippen LogP contribution in [0.4, 0.5) is 0 Å². The van der Waals surface area contributed by atoms with Crippen molar-refractivity contribution in [2.75, 3.05) is 20.3 Å². The van der Waals surface area contributed by atoms with Crippen LogP contribution in [0, 0.1) is 0 Å². The van der Waals surface area contributed by atoms with Crippen LogP contribution in [-0.4, -0.2) is 31.3 Å². The number of nitrogens with zero attached hydrogens (tertiary/aromatic N) is 1. The van der Waals surface area contributed by atoms with Crippen LogP contribution in [0.25, 0.3) is 0 Å². The van der Waals surface area contributed by atoms with Crippen LogP contribution in [0.2, 0.25) is 0 Å². The summed E-state index contributed by atoms with van der Waals surface area (Å²) in [5.41, 5.74) is 2.69. The topological polar surface area (TPSA) is 34.1 Å². The van der Waals surface area contributed by atoms with Gasteiger partial charge >= 0.3 is 0 Å². The monoisotopic (exact) mass is 234 g/mol. The third-order valence-corrected chi connectivity index (χ3v) is 3.60. The maximum atomic E-state index is 5.56. The number of ether oxygens (including phenoxy) is 1. The van der Waals surface area contributed by atoms with Crippen LogP contribution in [-0.2, 0) is 11.2 Å². The Morgan fingerprint density at radius 2 is 2.47 bits per heavy atom. The van der Waals surface area contributed by atoms with Gasteiger partial charge in [-0.15, -0.1) is 0 Å². The molecule has 1 aromatic rings. The van der Waals surface area contributed by atoms with E-state index in [-0.39, 0.29) is 0 Å². The molecular weight excluding hydrogens is 212 g/mol. The molecule has 1 aliphatic carbocycles. The third kappa shape index (κ3) is 2.85. The smallest absolute Gasteiger partial charge is 0.0625 e. The van der Waals surface area contributed by atoms with Crippen molar-refractivity contribution in [2.24, 2.45) is 0 Å². The Bertz CT molecular complexity index is 354. The van der Waals surface area contributed by atoms with Gasteiger partial charge in [0.2, 0.25) is 0 Å². The van der Waals surface area contributed by atoms with E-state index in [9.17, 15) is 0 Å². The summed E-state index contributed by atoms with van der Waals surface area (Å²) >= 11 is 0. The van der Waals surface area contributed by atoms with E-state index in [1.54, 1.807) is 0 Å². The highest BCUT2D eigenvalue weighted by Gasteiger charge is 2.27. The second-order valence-electron chi connectivity index (χ2n) is 4.60. The highest BCUT2D eigenvalue weighted by atomic mass is 16.5. The largest absolute Gasteiger partial charge is 0.380 e. The van der Waals surface area contributed by atoms with Gasteiger partial charge in [0.05, 0.1) is 6.61 Å². The van der Waals surface area contributed by atoms with Gasteiger partial charge in [-0.3, -0.25) is 4.98 Å². The molecule has 1 aliphatic rings. The summed E-state index contributed by atoms with van der Waals surface area (Å²) in [6.07, 6.45) is 5.55. The maximum Gasteiger partial charge on any atom is 0.0625 e. The molecule has 0 spiro atoms. The van der Waals surface area contributed by atoms with Crippen LogP contribution in [0.1, 0.15) is 36.9 Å². The molecule has 0 aliphatic heterocycles. The van der Waals surface area contributed by atoms with Crippen molar-refractivity contribution in [2.45, 2.75) is 38.1 Å². The highest BCUT2D eigenvalue weighted by molar-refractivity contribution is 5.27. The minimum absolute atomic E-state index is 0.379. The molecule has 17 heavy (non-hydrogen) atoms. The Kier molecular flexibility index (Phi) is 4.51. The molecule has 0 radical (unpaired) electrons. The summed E-state index contributed by atoms with van der Waals surface area (Å²) in [6.45, 7) is 3.59. The van der Waals surface area contributed by atoms with Crippen molar-refractivity contribution >= 4 is 0 Å². The van der Waals surface area contributed by atoms with Gasteiger partial charge < -0.3 is 10.1 Å². The molecule has 94 valence electrons. The molecule has 2 rings (SSSR count). The molecule has 1 heterocycles. The van der Waals surface area contributed by atoms with E-state index in [1.807, 2.05) is 26.2 Å². The van der Waals surface area contributed by atoms with Gasteiger partial charge in [0.1, 0.15) is 0 Å². The van der Waals surface area contributed by atoms with Gasteiger partial charge in [-0.25, -0.2) is 0 Å². The van der Waals surface area contributed by atoms with Crippen LogP contribution in [0.5, 0.6) is 0 Å². The van der Waals surface area contributed by atoms with Gasteiger partial charge in [0.25, 0.3) is 0 Å². The SMILES string of the molecule is CCOCC(NC)C1CCCc2cccnc21. The molecule has 0 saturated heterocycles. The number of fused-ring (bicyclic) bond motifs is 1. The summed E-state index contributed by atoms with van der Waals surface area (Å²) in [4.78, 5) is 4.58. The number of likely N-dealkylation sites (N-methyl/N-ethyl adjacent to an activating group) is 1. The molecule has 3 heteroatoms. The van der Waals surface area contributed by atoms with E-state index in [0.717, 1.165) is 13.2 Å². The van der Waals surface area contributed by atoms with Crippen molar-refractivity contribution in [1.82, 2.24) is 10.3 Å². The lowest BCUT2D eigenvalue weighted by atomic mass is 9.82. The molecule has 0 aromatic carbocycles. The first-order valence-electron chi connectivity index (χ1n) is 6.55. The van der Waals surface area contributed by atoms with Gasteiger partial charge in [-0.1, -0.05) is 6.07 Å². The molecule has 2 atom stereocenters. The number of hydrogen-bond donors (Lipinski definition) is 1. The molecule has 0 fully saturated rings. The Labute approximate surface area is 104 Å². The zero-order valence-electron chi connectivity index (χ0n) is 10.8. The van der Waals surface area contributed by atoms with Crippen molar-refractivity contribution in [3.63, 3.8) is 0 Å². The fourth-order valence-corrected chi connectivity index (χ4v) is 2.68. The van der Waals surface area contributed by atoms with Crippen molar-refractivity contribution < 1.29 is 4.74 Å². The highest BCUT2D eigenvalue weighted by Crippen LogP contribution is 2.32. The second-order valence-corrected chi connectivity index (χ2v) is 4.60. The van der Waals surface area contributed by atoms with Crippen molar-refractivity contribution in [3.05, 3.63) is 29.6 Å². The van der Waals surface area contributed by atoms with E-state index in [4.69, 9.17) is 4.74 Å². The number of rotatable bonds is 5. The van der Waals surface area contributed by atoms with Gasteiger partial charge in [-0.2, -0.15) is 0 Å². The average molecular weight is 234 g/mol. The first-order valence-corrected chi connectivity index (χ1v) is 6.55. The molecule has 3 nitrogen and oxygen atoms in total. The number of aryl methyl sites for hydroxylation is 1. The molecule has 0 bridgehead atoms. The summed E-state index contributed by atoms with van der Waals surface area (Å²) in [5.74, 6) is 0.497. The normalized spacial score (nSPS) is 20.9. The van der Waals surface area contributed by atoms with Crippen LogP contribution in [0.15, 0.2) is 18.3 Å². The van der Waals surface area contributed by atoms with Gasteiger partial charge in [0, 0.05) is 30.5 Å². The Balaban J connectivity index is 2.15. The zero-order valence-corrected chi connectivity index (χ0v) is 10.8. The first-order chi connectivity index (χ1) is 8.36. The van der Waals surface area contributed by atoms with E-state index in [0.29, 0.717) is 12.0 Å². The van der Waals surface area contributed by atoms with E-state index in [1.165, 1.54) is 30.5 Å². The van der Waals surface area contributed by atoms with E-state index < -0.39 is 0 Å². The molecule has 0 amide bonds. The number of pyridine rings is 1. The average Bonchev–Trinajstić information content (AvgIpc) is 2.40. The maximum absolute atomic E-state index is 5.56. The quantitative estimate of drug-likeness (QED) is 0.847. The van der Waals surface area contributed by atoms with Gasteiger partial charge in [0.15, 0.2) is 0 Å². The van der Waals surface area contributed by atoms with Gasteiger partial charge in [-0.05, 0) is 44.9 Å². The zero-order chi connectivity index (χ0) is 12.1. The molecule has 1 N–H and O–H groups in total. The molecule has 1 aromatic heterocycles. The predicted octanol–water partition coefficient (Wildman–Crippen LogP) is 2.13. The molecule has 0 saturated carbocycles. The second kappa shape index (κ2) is 6.12. The minimum Gasteiger partial charge on any atom is -0.380 e. The summed E-state index contributed by atoms with van der Waals surface area (Å²) < 4.78 is 5.56. The van der Waals surface area contributed by atoms with E-state index >= 15 is 0 Å². The lowest BCUT2D eigenvalue weighted by Crippen LogP contribution is -2.38. The van der Waals surface area contributed by atoms with Crippen molar-refractivity contribution in [1.29, 1.82) is 0 Å². The van der Waals surface area contributed by atoms with E-state index in [2.05, 4.69) is 16.4 Å². The fraction of sp³-hybridized carbons (Fsp3) is 0.643. The minimum atomic E-state index is 0.379. The standard InChI is InChI=1S/C14H22N2O/c1-3-17-10-13(15-2)12-8-4-6-11-7-5-9-16-14(11)12/h5,7,9,12-13,15H,3-4,6,8,10H2,1-2H3. The summed E-state index contributed by atoms with van der Waals surface area (Å²) in [7, 11) is 2.01. The summed E-state index contributed by atoms with van der Waals surface area (Å²) in [5, 5.41) is 3.38.